The molecule has 3 N–H and O–H groups in total. The number of halogens is 1. The molecule has 0 bridgehead atoms. The van der Waals surface area contributed by atoms with Gasteiger partial charge in [-0.05, 0) is 12.5 Å². The Kier molecular flexibility index (Phi) is 2.48. The summed E-state index contributed by atoms with van der Waals surface area (Å²) in [6, 6.07) is 1.75. The molecule has 5 heteroatoms. The van der Waals surface area contributed by atoms with E-state index in [0.717, 1.165) is 13.0 Å². The maximum Gasteiger partial charge on any atom is 0.270 e. The third-order valence-electron chi connectivity index (χ3n) is 2.39. The average molecular weight is 214 g/mol. The Balaban J connectivity index is 2.09. The van der Waals surface area contributed by atoms with E-state index in [1.54, 1.807) is 17.2 Å². The maximum absolute atomic E-state index is 11.8. The molecule has 1 atom stereocenters. The predicted molar refractivity (Wildman–Crippen MR) is 54.3 cm³/mol. The summed E-state index contributed by atoms with van der Waals surface area (Å²) in [4.78, 5) is 16.4. The minimum absolute atomic E-state index is 0.0233. The molecule has 1 unspecified atom stereocenters. The molecule has 1 amide bonds. The van der Waals surface area contributed by atoms with Crippen molar-refractivity contribution in [1.29, 1.82) is 0 Å². The molecular formula is C9H12ClN3O. The molecule has 0 spiro atoms. The molecule has 1 aromatic heterocycles. The van der Waals surface area contributed by atoms with Gasteiger partial charge in [-0.1, -0.05) is 11.6 Å². The average Bonchev–Trinajstić information content (AvgIpc) is 2.73. The van der Waals surface area contributed by atoms with Crippen LogP contribution in [-0.2, 0) is 0 Å². The third-order valence-corrected chi connectivity index (χ3v) is 2.61. The number of aromatic amines is 1. The van der Waals surface area contributed by atoms with Gasteiger partial charge in [-0.25, -0.2) is 0 Å². The van der Waals surface area contributed by atoms with E-state index in [0.29, 0.717) is 17.3 Å². The Hall–Kier alpha value is -1.00. The Labute approximate surface area is 87.0 Å². The lowest BCUT2D eigenvalue weighted by Crippen LogP contribution is -2.32. The summed E-state index contributed by atoms with van der Waals surface area (Å²) in [6.07, 6.45) is 2.48. The first-order chi connectivity index (χ1) is 6.66. The SMILES string of the molecule is NC1CCN(C(=O)c2cc(Cl)c[nH]2)C1. The van der Waals surface area contributed by atoms with Crippen molar-refractivity contribution in [3.63, 3.8) is 0 Å². The summed E-state index contributed by atoms with van der Waals surface area (Å²) >= 11 is 5.71. The largest absolute Gasteiger partial charge is 0.356 e. The number of amides is 1. The second-order valence-electron chi connectivity index (χ2n) is 3.53. The Bertz CT molecular complexity index is 350. The molecule has 14 heavy (non-hydrogen) atoms. The van der Waals surface area contributed by atoms with Crippen molar-refractivity contribution < 1.29 is 4.79 Å². The highest BCUT2D eigenvalue weighted by Gasteiger charge is 2.25. The molecule has 1 aromatic rings. The quantitative estimate of drug-likeness (QED) is 0.726. The highest BCUT2D eigenvalue weighted by molar-refractivity contribution is 6.30. The molecule has 1 aliphatic rings. The lowest BCUT2D eigenvalue weighted by atomic mass is 10.3. The lowest BCUT2D eigenvalue weighted by Gasteiger charge is -2.14. The number of rotatable bonds is 1. The Morgan fingerprint density at radius 2 is 2.50 bits per heavy atom. The number of likely N-dealkylation sites (tertiary alicyclic amines) is 1. The lowest BCUT2D eigenvalue weighted by molar-refractivity contribution is 0.0786. The first-order valence-corrected chi connectivity index (χ1v) is 4.93. The summed E-state index contributed by atoms with van der Waals surface area (Å²) in [5, 5.41) is 0.553. The summed E-state index contributed by atoms with van der Waals surface area (Å²) in [6.45, 7) is 1.37. The van der Waals surface area contributed by atoms with E-state index >= 15 is 0 Å². The van der Waals surface area contributed by atoms with E-state index in [4.69, 9.17) is 17.3 Å². The van der Waals surface area contributed by atoms with Crippen molar-refractivity contribution >= 4 is 17.5 Å². The number of carbonyl (C=O) groups is 1. The fraction of sp³-hybridized carbons (Fsp3) is 0.444. The van der Waals surface area contributed by atoms with Gasteiger partial charge in [-0.3, -0.25) is 4.79 Å². The van der Waals surface area contributed by atoms with Crippen molar-refractivity contribution in [3.8, 4) is 0 Å². The molecule has 2 rings (SSSR count). The van der Waals surface area contributed by atoms with Gasteiger partial charge in [0, 0.05) is 25.3 Å². The molecule has 1 fully saturated rings. The van der Waals surface area contributed by atoms with Gasteiger partial charge >= 0.3 is 0 Å². The highest BCUT2D eigenvalue weighted by atomic mass is 35.5. The van der Waals surface area contributed by atoms with Gasteiger partial charge in [0.1, 0.15) is 5.69 Å². The second-order valence-corrected chi connectivity index (χ2v) is 3.97. The van der Waals surface area contributed by atoms with Crippen molar-refractivity contribution in [2.75, 3.05) is 13.1 Å². The maximum atomic E-state index is 11.8. The zero-order valence-corrected chi connectivity index (χ0v) is 8.42. The Morgan fingerprint density at radius 1 is 1.71 bits per heavy atom. The number of aromatic nitrogens is 1. The van der Waals surface area contributed by atoms with Gasteiger partial charge in [0.2, 0.25) is 0 Å². The molecule has 1 aliphatic heterocycles. The molecule has 0 aromatic carbocycles. The zero-order chi connectivity index (χ0) is 10.1. The van der Waals surface area contributed by atoms with Crippen LogP contribution in [0.4, 0.5) is 0 Å². The van der Waals surface area contributed by atoms with E-state index in [9.17, 15) is 4.79 Å². The summed E-state index contributed by atoms with van der Waals surface area (Å²) in [7, 11) is 0. The third kappa shape index (κ3) is 1.76. The van der Waals surface area contributed by atoms with Gasteiger partial charge in [0.05, 0.1) is 5.02 Å². The van der Waals surface area contributed by atoms with Crippen molar-refractivity contribution in [3.05, 3.63) is 23.0 Å². The van der Waals surface area contributed by atoms with Crippen LogP contribution < -0.4 is 5.73 Å². The first kappa shape index (κ1) is 9.55. The molecule has 4 nitrogen and oxygen atoms in total. The zero-order valence-electron chi connectivity index (χ0n) is 7.66. The normalized spacial score (nSPS) is 21.6. The van der Waals surface area contributed by atoms with Crippen LogP contribution >= 0.6 is 11.6 Å². The molecule has 1 saturated heterocycles. The summed E-state index contributed by atoms with van der Waals surface area (Å²) in [5.74, 6) is -0.0233. The standard InChI is InChI=1S/C9H12ClN3O/c10-6-3-8(12-4-6)9(14)13-2-1-7(11)5-13/h3-4,7,12H,1-2,5,11H2. The fourth-order valence-electron chi connectivity index (χ4n) is 1.63. The van der Waals surface area contributed by atoms with E-state index in [2.05, 4.69) is 4.98 Å². The van der Waals surface area contributed by atoms with Crippen LogP contribution in [0.1, 0.15) is 16.9 Å². The number of nitrogens with two attached hydrogens (primary N) is 1. The van der Waals surface area contributed by atoms with Gasteiger partial charge in [-0.2, -0.15) is 0 Å². The van der Waals surface area contributed by atoms with Crippen LogP contribution in [0.3, 0.4) is 0 Å². The smallest absolute Gasteiger partial charge is 0.270 e. The number of hydrogen-bond donors (Lipinski definition) is 2. The number of hydrogen-bond acceptors (Lipinski definition) is 2. The van der Waals surface area contributed by atoms with Crippen molar-refractivity contribution in [2.24, 2.45) is 5.73 Å². The first-order valence-electron chi connectivity index (χ1n) is 4.55. The van der Waals surface area contributed by atoms with Crippen LogP contribution in [0.15, 0.2) is 12.3 Å². The van der Waals surface area contributed by atoms with Crippen LogP contribution in [0.2, 0.25) is 5.02 Å². The van der Waals surface area contributed by atoms with Gasteiger partial charge in [0.15, 0.2) is 0 Å². The molecule has 0 saturated carbocycles. The molecular weight excluding hydrogens is 202 g/mol. The summed E-state index contributed by atoms with van der Waals surface area (Å²) < 4.78 is 0. The topological polar surface area (TPSA) is 62.1 Å². The molecule has 76 valence electrons. The number of carbonyl (C=O) groups excluding carboxylic acids is 1. The predicted octanol–water partition coefficient (Wildman–Crippen LogP) is 0.841. The Morgan fingerprint density at radius 3 is 3.00 bits per heavy atom. The van der Waals surface area contributed by atoms with Crippen molar-refractivity contribution in [2.45, 2.75) is 12.5 Å². The number of H-pyrrole nitrogens is 1. The number of nitrogens with zero attached hydrogens (tertiary/aromatic N) is 1. The molecule has 2 heterocycles. The van der Waals surface area contributed by atoms with Gasteiger partial charge in [0.25, 0.3) is 5.91 Å². The van der Waals surface area contributed by atoms with E-state index < -0.39 is 0 Å². The monoisotopic (exact) mass is 213 g/mol. The van der Waals surface area contributed by atoms with Gasteiger partial charge < -0.3 is 15.6 Å². The van der Waals surface area contributed by atoms with E-state index in [-0.39, 0.29) is 11.9 Å². The molecule has 0 aliphatic carbocycles. The minimum Gasteiger partial charge on any atom is -0.356 e. The van der Waals surface area contributed by atoms with Crippen LogP contribution in [0.5, 0.6) is 0 Å². The minimum atomic E-state index is -0.0233. The fourth-order valence-corrected chi connectivity index (χ4v) is 1.80. The van der Waals surface area contributed by atoms with E-state index in [1.807, 2.05) is 0 Å². The highest BCUT2D eigenvalue weighted by Crippen LogP contribution is 2.14. The van der Waals surface area contributed by atoms with E-state index in [1.165, 1.54) is 0 Å². The number of nitrogens with one attached hydrogen (secondary N) is 1. The molecule has 0 radical (unpaired) electrons. The van der Waals surface area contributed by atoms with Crippen LogP contribution in [0, 0.1) is 0 Å². The van der Waals surface area contributed by atoms with Crippen LogP contribution in [-0.4, -0.2) is 34.9 Å². The summed E-state index contributed by atoms with van der Waals surface area (Å²) in [5.41, 5.74) is 6.25. The van der Waals surface area contributed by atoms with Crippen LogP contribution in [0.25, 0.3) is 0 Å². The van der Waals surface area contributed by atoms with Gasteiger partial charge in [-0.15, -0.1) is 0 Å². The van der Waals surface area contributed by atoms with Crippen molar-refractivity contribution in [1.82, 2.24) is 9.88 Å². The second kappa shape index (κ2) is 3.63.